The molecule has 3 heterocycles. The highest BCUT2D eigenvalue weighted by atomic mass is 32.1. The molecule has 0 radical (unpaired) electrons. The quantitative estimate of drug-likeness (QED) is 0.510. The van der Waals surface area contributed by atoms with Gasteiger partial charge in [-0.05, 0) is 54.7 Å². The van der Waals surface area contributed by atoms with Gasteiger partial charge >= 0.3 is 5.97 Å². The minimum Gasteiger partial charge on any atom is -0.463 e. The number of thiazole rings is 1. The fourth-order valence-corrected chi connectivity index (χ4v) is 5.37. The summed E-state index contributed by atoms with van der Waals surface area (Å²) in [5.41, 5.74) is 3.55. The number of rotatable bonds is 5. The molecule has 2 aromatic carbocycles. The predicted molar refractivity (Wildman–Crippen MR) is 133 cm³/mol. The molecule has 35 heavy (non-hydrogen) atoms. The summed E-state index contributed by atoms with van der Waals surface area (Å²) in [6.07, 6.45) is 1.87. The van der Waals surface area contributed by atoms with Crippen molar-refractivity contribution < 1.29 is 19.0 Å². The van der Waals surface area contributed by atoms with Crippen LogP contribution in [0.25, 0.3) is 6.08 Å². The number of benzene rings is 2. The van der Waals surface area contributed by atoms with E-state index in [9.17, 15) is 9.59 Å². The number of esters is 1. The van der Waals surface area contributed by atoms with Gasteiger partial charge in [0.15, 0.2) is 16.3 Å². The second-order valence-corrected chi connectivity index (χ2v) is 9.75. The van der Waals surface area contributed by atoms with Crippen molar-refractivity contribution in [3.05, 3.63) is 90.1 Å². The Morgan fingerprint density at radius 1 is 1.20 bits per heavy atom. The molecule has 3 aromatic rings. The van der Waals surface area contributed by atoms with E-state index in [1.54, 1.807) is 24.5 Å². The number of ether oxygens (including phenoxy) is 3. The van der Waals surface area contributed by atoms with E-state index >= 15 is 0 Å². The van der Waals surface area contributed by atoms with E-state index in [0.29, 0.717) is 38.0 Å². The molecular weight excluding hydrogens is 464 g/mol. The first-order valence-electron chi connectivity index (χ1n) is 11.6. The van der Waals surface area contributed by atoms with Gasteiger partial charge in [0, 0.05) is 0 Å². The van der Waals surface area contributed by atoms with Crippen molar-refractivity contribution in [3.63, 3.8) is 0 Å². The molecule has 0 saturated heterocycles. The van der Waals surface area contributed by atoms with Gasteiger partial charge in [0.05, 0.1) is 28.5 Å². The van der Waals surface area contributed by atoms with Crippen LogP contribution in [0.2, 0.25) is 0 Å². The molecule has 8 heteroatoms. The zero-order valence-electron chi connectivity index (χ0n) is 20.0. The van der Waals surface area contributed by atoms with Gasteiger partial charge in [-0.1, -0.05) is 55.5 Å². The van der Waals surface area contributed by atoms with Crippen molar-refractivity contribution in [3.8, 4) is 11.5 Å². The van der Waals surface area contributed by atoms with E-state index in [1.807, 2.05) is 30.3 Å². The Kier molecular flexibility index (Phi) is 6.06. The second-order valence-electron chi connectivity index (χ2n) is 8.74. The molecule has 0 unspecified atom stereocenters. The van der Waals surface area contributed by atoms with E-state index in [1.165, 1.54) is 16.9 Å². The Morgan fingerprint density at radius 2 is 1.94 bits per heavy atom. The third-order valence-corrected chi connectivity index (χ3v) is 7.11. The van der Waals surface area contributed by atoms with E-state index < -0.39 is 12.0 Å². The summed E-state index contributed by atoms with van der Waals surface area (Å²) in [4.78, 5) is 31.9. The molecule has 180 valence electrons. The van der Waals surface area contributed by atoms with Gasteiger partial charge in [-0.25, -0.2) is 9.79 Å². The zero-order chi connectivity index (χ0) is 24.7. The van der Waals surface area contributed by atoms with Gasteiger partial charge in [0.25, 0.3) is 5.56 Å². The summed E-state index contributed by atoms with van der Waals surface area (Å²) in [5, 5.41) is 0. The van der Waals surface area contributed by atoms with Gasteiger partial charge in [0.2, 0.25) is 6.79 Å². The third-order valence-electron chi connectivity index (χ3n) is 6.13. The van der Waals surface area contributed by atoms with Crippen LogP contribution in [0.15, 0.2) is 63.5 Å². The van der Waals surface area contributed by atoms with Crippen LogP contribution in [0.3, 0.4) is 0 Å². The van der Waals surface area contributed by atoms with Crippen LogP contribution in [0.5, 0.6) is 11.5 Å². The largest absolute Gasteiger partial charge is 0.463 e. The van der Waals surface area contributed by atoms with Crippen molar-refractivity contribution >= 4 is 23.4 Å². The van der Waals surface area contributed by atoms with Crippen molar-refractivity contribution in [1.29, 1.82) is 0 Å². The second kappa shape index (κ2) is 9.19. The van der Waals surface area contributed by atoms with Crippen LogP contribution >= 0.6 is 11.3 Å². The number of carbonyl (C=O) groups is 1. The van der Waals surface area contributed by atoms with Crippen LogP contribution in [-0.4, -0.2) is 23.9 Å². The Labute approximate surface area is 206 Å². The number of hydrogen-bond donors (Lipinski definition) is 0. The van der Waals surface area contributed by atoms with Crippen LogP contribution in [0.4, 0.5) is 0 Å². The van der Waals surface area contributed by atoms with Gasteiger partial charge in [-0.3, -0.25) is 9.36 Å². The lowest BCUT2D eigenvalue weighted by molar-refractivity contribution is -0.139. The molecule has 0 saturated carbocycles. The molecule has 2 aliphatic rings. The zero-order valence-corrected chi connectivity index (χ0v) is 20.8. The van der Waals surface area contributed by atoms with E-state index in [0.717, 1.165) is 11.1 Å². The molecule has 1 aromatic heterocycles. The lowest BCUT2D eigenvalue weighted by Gasteiger charge is -2.24. The van der Waals surface area contributed by atoms with Crippen molar-refractivity contribution in [1.82, 2.24) is 4.57 Å². The molecular formula is C27H26N2O5S. The Bertz CT molecular complexity index is 1510. The van der Waals surface area contributed by atoms with Crippen molar-refractivity contribution in [2.75, 3.05) is 13.4 Å². The standard InChI is InChI=1S/C27H26N2O5S/c1-5-32-26(31)23-16(4)28-27-29(24(23)19-10-11-20-21(13-19)34-14-33-20)25(30)22(35-27)12-17-6-8-18(9-7-17)15(2)3/h6-13,15,24H,5,14H2,1-4H3/b22-12+/t24-/m1/s1. The number of nitrogens with zero attached hydrogens (tertiary/aromatic N) is 2. The minimum absolute atomic E-state index is 0.136. The maximum absolute atomic E-state index is 13.7. The van der Waals surface area contributed by atoms with Gasteiger partial charge in [0.1, 0.15) is 0 Å². The molecule has 0 N–H and O–H groups in total. The first kappa shape index (κ1) is 23.1. The molecule has 0 aliphatic carbocycles. The summed E-state index contributed by atoms with van der Waals surface area (Å²) >= 11 is 1.31. The van der Waals surface area contributed by atoms with Gasteiger partial charge in [-0.15, -0.1) is 0 Å². The molecule has 0 bridgehead atoms. The molecule has 1 atom stereocenters. The van der Waals surface area contributed by atoms with Crippen LogP contribution in [-0.2, 0) is 9.53 Å². The molecule has 5 rings (SSSR count). The Balaban J connectivity index is 1.68. The summed E-state index contributed by atoms with van der Waals surface area (Å²) in [6, 6.07) is 12.9. The highest BCUT2D eigenvalue weighted by molar-refractivity contribution is 7.07. The molecule has 7 nitrogen and oxygen atoms in total. The van der Waals surface area contributed by atoms with Crippen LogP contribution < -0.4 is 24.4 Å². The third kappa shape index (κ3) is 4.18. The summed E-state index contributed by atoms with van der Waals surface area (Å²) in [5.74, 6) is 1.15. The van der Waals surface area contributed by atoms with Crippen LogP contribution in [0.1, 0.15) is 56.3 Å². The highest BCUT2D eigenvalue weighted by Crippen LogP contribution is 2.38. The predicted octanol–water partition coefficient (Wildman–Crippen LogP) is 3.65. The van der Waals surface area contributed by atoms with Crippen molar-refractivity contribution in [2.45, 2.75) is 39.7 Å². The fourth-order valence-electron chi connectivity index (χ4n) is 4.32. The number of allylic oxidation sites excluding steroid dienone is 1. The SMILES string of the molecule is CCOC(=O)C1=C(C)N=c2s/c(=C/c3ccc(C(C)C)cc3)c(=O)n2[C@@H]1c1ccc2c(c1)OCO2. The number of fused-ring (bicyclic) bond motifs is 2. The van der Waals surface area contributed by atoms with Gasteiger partial charge in [-0.2, -0.15) is 0 Å². The monoisotopic (exact) mass is 490 g/mol. The lowest BCUT2D eigenvalue weighted by Crippen LogP contribution is -2.39. The van der Waals surface area contributed by atoms with Crippen molar-refractivity contribution in [2.24, 2.45) is 4.99 Å². The molecule has 0 spiro atoms. The fraction of sp³-hybridized carbons (Fsp3) is 0.296. The number of hydrogen-bond acceptors (Lipinski definition) is 7. The van der Waals surface area contributed by atoms with Crippen LogP contribution in [0, 0.1) is 0 Å². The normalized spacial score (nSPS) is 16.9. The lowest BCUT2D eigenvalue weighted by atomic mass is 9.95. The first-order chi connectivity index (χ1) is 16.9. The molecule has 0 fully saturated rings. The molecule has 0 amide bonds. The van der Waals surface area contributed by atoms with E-state index in [4.69, 9.17) is 14.2 Å². The van der Waals surface area contributed by atoms with E-state index in [2.05, 4.69) is 31.0 Å². The smallest absolute Gasteiger partial charge is 0.338 e. The topological polar surface area (TPSA) is 79.1 Å². The maximum atomic E-state index is 13.7. The summed E-state index contributed by atoms with van der Waals surface area (Å²) in [6.45, 7) is 8.17. The Morgan fingerprint density at radius 3 is 2.66 bits per heavy atom. The molecule has 2 aliphatic heterocycles. The summed E-state index contributed by atoms with van der Waals surface area (Å²) in [7, 11) is 0. The maximum Gasteiger partial charge on any atom is 0.338 e. The first-order valence-corrected chi connectivity index (χ1v) is 12.4. The average molecular weight is 491 g/mol. The number of carbonyl (C=O) groups excluding carboxylic acids is 1. The average Bonchev–Trinajstić information content (AvgIpc) is 3.42. The van der Waals surface area contributed by atoms with Gasteiger partial charge < -0.3 is 14.2 Å². The Hall–Kier alpha value is -3.65. The minimum atomic E-state index is -0.690. The highest BCUT2D eigenvalue weighted by Gasteiger charge is 2.34. The number of aromatic nitrogens is 1. The van der Waals surface area contributed by atoms with E-state index in [-0.39, 0.29) is 19.0 Å². The summed E-state index contributed by atoms with van der Waals surface area (Å²) < 4.78 is 18.5.